The summed E-state index contributed by atoms with van der Waals surface area (Å²) in [6.07, 6.45) is 0. The summed E-state index contributed by atoms with van der Waals surface area (Å²) >= 11 is 5.80. The number of esters is 1. The van der Waals surface area contributed by atoms with Gasteiger partial charge >= 0.3 is 5.97 Å². The molecule has 1 N–H and O–H groups in total. The molecule has 0 radical (unpaired) electrons. The predicted octanol–water partition coefficient (Wildman–Crippen LogP) is 3.75. The Kier molecular flexibility index (Phi) is 5.17. The molecule has 4 nitrogen and oxygen atoms in total. The Bertz CT molecular complexity index is 693. The van der Waals surface area contributed by atoms with Gasteiger partial charge in [0.15, 0.2) is 6.61 Å². The summed E-state index contributed by atoms with van der Waals surface area (Å²) in [4.78, 5) is 23.6. The first-order valence-electron chi connectivity index (χ1n) is 6.75. The van der Waals surface area contributed by atoms with Crippen molar-refractivity contribution in [3.63, 3.8) is 0 Å². The second-order valence-electron chi connectivity index (χ2n) is 5.01. The summed E-state index contributed by atoms with van der Waals surface area (Å²) < 4.78 is 4.97. The number of carbonyl (C=O) groups excluding carboxylic acids is 2. The van der Waals surface area contributed by atoms with E-state index in [1.165, 1.54) is 6.07 Å². The smallest absolute Gasteiger partial charge is 0.338 e. The molecule has 0 aromatic heterocycles. The van der Waals surface area contributed by atoms with Crippen molar-refractivity contribution in [3.05, 3.63) is 64.2 Å². The van der Waals surface area contributed by atoms with Crippen molar-refractivity contribution in [1.82, 2.24) is 0 Å². The van der Waals surface area contributed by atoms with Gasteiger partial charge in [-0.2, -0.15) is 0 Å². The van der Waals surface area contributed by atoms with E-state index < -0.39 is 5.97 Å². The van der Waals surface area contributed by atoms with E-state index in [1.807, 2.05) is 32.0 Å². The van der Waals surface area contributed by atoms with E-state index in [0.29, 0.717) is 16.3 Å². The zero-order valence-electron chi connectivity index (χ0n) is 12.4. The lowest BCUT2D eigenvalue weighted by Gasteiger charge is -2.08. The molecule has 1 amide bonds. The highest BCUT2D eigenvalue weighted by atomic mass is 35.5. The van der Waals surface area contributed by atoms with Gasteiger partial charge in [0.05, 0.1) is 5.56 Å². The molecule has 2 aromatic carbocycles. The topological polar surface area (TPSA) is 55.4 Å². The van der Waals surface area contributed by atoms with Crippen LogP contribution < -0.4 is 5.32 Å². The first kappa shape index (κ1) is 16.0. The summed E-state index contributed by atoms with van der Waals surface area (Å²) in [5, 5.41) is 3.14. The van der Waals surface area contributed by atoms with Gasteiger partial charge < -0.3 is 10.1 Å². The lowest BCUT2D eigenvalue weighted by atomic mass is 10.1. The summed E-state index contributed by atoms with van der Waals surface area (Å²) in [5.41, 5.74) is 3.09. The third-order valence-corrected chi connectivity index (χ3v) is 3.14. The number of nitrogens with one attached hydrogen (secondary N) is 1. The number of hydrogen-bond acceptors (Lipinski definition) is 3. The van der Waals surface area contributed by atoms with Crippen LogP contribution in [0.1, 0.15) is 21.5 Å². The van der Waals surface area contributed by atoms with Gasteiger partial charge in [0.25, 0.3) is 5.91 Å². The van der Waals surface area contributed by atoms with E-state index >= 15 is 0 Å². The molecule has 22 heavy (non-hydrogen) atoms. The van der Waals surface area contributed by atoms with Crippen molar-refractivity contribution in [2.75, 3.05) is 11.9 Å². The number of aryl methyl sites for hydroxylation is 2. The SMILES string of the molecule is Cc1cc(C)cc(NC(=O)COC(=O)c2cccc(Cl)c2)c1. The molecule has 0 heterocycles. The molecule has 5 heteroatoms. The number of carbonyl (C=O) groups is 2. The number of hydrogen-bond donors (Lipinski definition) is 1. The van der Waals surface area contributed by atoms with Gasteiger partial charge in [-0.3, -0.25) is 4.79 Å². The normalized spacial score (nSPS) is 10.1. The van der Waals surface area contributed by atoms with Crippen LogP contribution in [-0.4, -0.2) is 18.5 Å². The largest absolute Gasteiger partial charge is 0.452 e. The fourth-order valence-corrected chi connectivity index (χ4v) is 2.26. The van der Waals surface area contributed by atoms with Crippen molar-refractivity contribution in [3.8, 4) is 0 Å². The molecule has 0 aliphatic heterocycles. The summed E-state index contributed by atoms with van der Waals surface area (Å²) in [5.74, 6) is -0.974. The van der Waals surface area contributed by atoms with E-state index in [9.17, 15) is 9.59 Å². The maximum Gasteiger partial charge on any atom is 0.338 e. The maximum atomic E-state index is 11.8. The predicted molar refractivity (Wildman–Crippen MR) is 86.3 cm³/mol. The van der Waals surface area contributed by atoms with Crippen molar-refractivity contribution in [1.29, 1.82) is 0 Å². The Morgan fingerprint density at radius 2 is 1.77 bits per heavy atom. The second kappa shape index (κ2) is 7.09. The second-order valence-corrected chi connectivity index (χ2v) is 5.45. The van der Waals surface area contributed by atoms with Gasteiger partial charge in [-0.25, -0.2) is 4.79 Å². The third kappa shape index (κ3) is 4.60. The number of anilines is 1. The molecule has 0 bridgehead atoms. The van der Waals surface area contributed by atoms with E-state index in [1.54, 1.807) is 18.2 Å². The molecule has 0 aliphatic carbocycles. The average molecular weight is 318 g/mol. The van der Waals surface area contributed by atoms with Crippen LogP contribution in [0.5, 0.6) is 0 Å². The molecule has 0 atom stereocenters. The minimum absolute atomic E-state index is 0.312. The molecular formula is C17H16ClNO3. The molecule has 114 valence electrons. The number of amides is 1. The van der Waals surface area contributed by atoms with Crippen LogP contribution in [0.25, 0.3) is 0 Å². The number of rotatable bonds is 4. The number of benzene rings is 2. The summed E-state index contributed by atoms with van der Waals surface area (Å²) in [6, 6.07) is 12.1. The standard InChI is InChI=1S/C17H16ClNO3/c1-11-6-12(2)8-15(7-11)19-16(20)10-22-17(21)13-4-3-5-14(18)9-13/h3-9H,10H2,1-2H3,(H,19,20). The summed E-state index contributed by atoms with van der Waals surface area (Å²) in [6.45, 7) is 3.54. The molecule has 0 saturated heterocycles. The van der Waals surface area contributed by atoms with Crippen LogP contribution in [-0.2, 0) is 9.53 Å². The van der Waals surface area contributed by atoms with Crippen LogP contribution >= 0.6 is 11.6 Å². The van der Waals surface area contributed by atoms with Gasteiger partial charge in [0.1, 0.15) is 0 Å². The van der Waals surface area contributed by atoms with E-state index in [4.69, 9.17) is 16.3 Å². The van der Waals surface area contributed by atoms with Crippen molar-refractivity contribution in [2.24, 2.45) is 0 Å². The quantitative estimate of drug-likeness (QED) is 0.874. The first-order valence-corrected chi connectivity index (χ1v) is 7.12. The zero-order valence-corrected chi connectivity index (χ0v) is 13.1. The van der Waals surface area contributed by atoms with Gasteiger partial charge in [0, 0.05) is 10.7 Å². The fraction of sp³-hybridized carbons (Fsp3) is 0.176. The van der Waals surface area contributed by atoms with Crippen LogP contribution in [0.15, 0.2) is 42.5 Å². The molecule has 2 aromatic rings. The molecule has 2 rings (SSSR count). The monoisotopic (exact) mass is 317 g/mol. The van der Waals surface area contributed by atoms with E-state index in [2.05, 4.69) is 5.32 Å². The van der Waals surface area contributed by atoms with Gasteiger partial charge in [0.2, 0.25) is 0 Å². The van der Waals surface area contributed by atoms with Crippen LogP contribution in [0, 0.1) is 13.8 Å². The minimum Gasteiger partial charge on any atom is -0.452 e. The van der Waals surface area contributed by atoms with Crippen LogP contribution in [0.2, 0.25) is 5.02 Å². The molecule has 0 saturated carbocycles. The van der Waals surface area contributed by atoms with Gasteiger partial charge in [-0.1, -0.05) is 23.7 Å². The van der Waals surface area contributed by atoms with Crippen molar-refractivity contribution in [2.45, 2.75) is 13.8 Å². The Labute approximate surface area is 134 Å². The molecule has 0 spiro atoms. The zero-order chi connectivity index (χ0) is 16.1. The summed E-state index contributed by atoms with van der Waals surface area (Å²) in [7, 11) is 0. The maximum absolute atomic E-state index is 11.8. The van der Waals surface area contributed by atoms with Gasteiger partial charge in [-0.05, 0) is 55.3 Å². The third-order valence-electron chi connectivity index (χ3n) is 2.90. The van der Waals surface area contributed by atoms with E-state index in [-0.39, 0.29) is 12.5 Å². The molecule has 0 aliphatic rings. The fourth-order valence-electron chi connectivity index (χ4n) is 2.07. The lowest BCUT2D eigenvalue weighted by molar-refractivity contribution is -0.119. The Hall–Kier alpha value is -2.33. The lowest BCUT2D eigenvalue weighted by Crippen LogP contribution is -2.21. The van der Waals surface area contributed by atoms with Crippen LogP contribution in [0.3, 0.4) is 0 Å². The Morgan fingerprint density at radius 1 is 1.09 bits per heavy atom. The highest BCUT2D eigenvalue weighted by Crippen LogP contribution is 2.14. The highest BCUT2D eigenvalue weighted by Gasteiger charge is 2.11. The molecular weight excluding hydrogens is 302 g/mol. The first-order chi connectivity index (χ1) is 10.4. The Morgan fingerprint density at radius 3 is 2.41 bits per heavy atom. The minimum atomic E-state index is -0.585. The average Bonchev–Trinajstić information content (AvgIpc) is 2.43. The number of ether oxygens (including phenoxy) is 1. The van der Waals surface area contributed by atoms with E-state index in [0.717, 1.165) is 11.1 Å². The van der Waals surface area contributed by atoms with Crippen molar-refractivity contribution >= 4 is 29.2 Å². The molecule has 0 fully saturated rings. The van der Waals surface area contributed by atoms with Gasteiger partial charge in [-0.15, -0.1) is 0 Å². The Balaban J connectivity index is 1.91. The van der Waals surface area contributed by atoms with Crippen LogP contribution in [0.4, 0.5) is 5.69 Å². The molecule has 0 unspecified atom stereocenters. The van der Waals surface area contributed by atoms with Crippen molar-refractivity contribution < 1.29 is 14.3 Å². The number of halogens is 1. The highest BCUT2D eigenvalue weighted by molar-refractivity contribution is 6.30.